The Morgan fingerprint density at radius 2 is 2.00 bits per heavy atom. The van der Waals surface area contributed by atoms with Crippen molar-refractivity contribution in [3.05, 3.63) is 35.4 Å². The van der Waals surface area contributed by atoms with Crippen molar-refractivity contribution < 1.29 is 9.53 Å². The summed E-state index contributed by atoms with van der Waals surface area (Å²) in [5.41, 5.74) is 1.94. The van der Waals surface area contributed by atoms with E-state index in [0.717, 1.165) is 12.0 Å². The summed E-state index contributed by atoms with van der Waals surface area (Å²) in [4.78, 5) is 14.5. The summed E-state index contributed by atoms with van der Waals surface area (Å²) in [5, 5.41) is 8.74. The first-order chi connectivity index (χ1) is 10.1. The minimum atomic E-state index is -0.249. The highest BCUT2D eigenvalue weighted by molar-refractivity contribution is 5.99. The molecule has 1 unspecified atom stereocenters. The van der Waals surface area contributed by atoms with Gasteiger partial charge in [0, 0.05) is 32.2 Å². The number of aryl methyl sites for hydroxylation is 1. The predicted octanol–water partition coefficient (Wildman–Crippen LogP) is 2.68. The molecule has 114 valence electrons. The van der Waals surface area contributed by atoms with Crippen LogP contribution in [-0.2, 0) is 11.2 Å². The quantitative estimate of drug-likeness (QED) is 0.656. The summed E-state index contributed by atoms with van der Waals surface area (Å²) >= 11 is 0. The molecule has 0 fully saturated rings. The van der Waals surface area contributed by atoms with E-state index in [-0.39, 0.29) is 11.8 Å². The van der Waals surface area contributed by atoms with Crippen molar-refractivity contribution >= 4 is 5.78 Å². The summed E-state index contributed by atoms with van der Waals surface area (Å²) in [5.74, 6) is 0.0895. The van der Waals surface area contributed by atoms with Crippen molar-refractivity contribution in [3.63, 3.8) is 0 Å². The summed E-state index contributed by atoms with van der Waals surface area (Å²) in [6.45, 7) is 5.77. The van der Waals surface area contributed by atoms with E-state index in [9.17, 15) is 4.79 Å². The molecule has 4 nitrogen and oxygen atoms in total. The van der Waals surface area contributed by atoms with Gasteiger partial charge in [0.05, 0.1) is 18.7 Å². The topological polar surface area (TPSA) is 53.3 Å². The van der Waals surface area contributed by atoms with Crippen LogP contribution in [0.15, 0.2) is 24.3 Å². The lowest BCUT2D eigenvalue weighted by Gasteiger charge is -2.27. The standard InChI is InChI=1S/C17H24N2O2/c1-4-15-6-8-16(9-7-15)17(20)14(2)19(11-5-10-18)12-13-21-3/h6-9,14H,4-5,11-13H2,1-3H3. The molecular formula is C17H24N2O2. The van der Waals surface area contributed by atoms with Crippen molar-refractivity contribution in [2.24, 2.45) is 0 Å². The molecule has 0 bridgehead atoms. The molecule has 0 amide bonds. The van der Waals surface area contributed by atoms with Gasteiger partial charge in [-0.1, -0.05) is 31.2 Å². The first-order valence-electron chi connectivity index (χ1n) is 7.37. The van der Waals surface area contributed by atoms with Crippen LogP contribution >= 0.6 is 0 Å². The molecule has 0 aromatic heterocycles. The normalized spacial score (nSPS) is 12.1. The molecular weight excluding hydrogens is 264 g/mol. The fourth-order valence-electron chi connectivity index (χ4n) is 2.21. The number of Topliss-reactive ketones (excluding diaryl/α,β-unsaturated/α-hetero) is 1. The zero-order valence-electron chi connectivity index (χ0n) is 13.1. The van der Waals surface area contributed by atoms with Gasteiger partial charge in [-0.25, -0.2) is 0 Å². The van der Waals surface area contributed by atoms with Gasteiger partial charge in [0.2, 0.25) is 0 Å². The number of nitrogens with zero attached hydrogens (tertiary/aromatic N) is 2. The number of methoxy groups -OCH3 is 1. The van der Waals surface area contributed by atoms with E-state index in [2.05, 4.69) is 13.0 Å². The first kappa shape index (κ1) is 17.4. The van der Waals surface area contributed by atoms with Gasteiger partial charge >= 0.3 is 0 Å². The minimum absolute atomic E-state index is 0.0895. The molecule has 4 heteroatoms. The Kier molecular flexibility index (Phi) is 7.66. The molecule has 1 atom stereocenters. The third kappa shape index (κ3) is 5.30. The van der Waals surface area contributed by atoms with Gasteiger partial charge < -0.3 is 4.74 Å². The van der Waals surface area contributed by atoms with Crippen LogP contribution in [0, 0.1) is 11.3 Å². The number of ether oxygens (including phenoxy) is 1. The number of carbonyl (C=O) groups is 1. The average molecular weight is 288 g/mol. The smallest absolute Gasteiger partial charge is 0.179 e. The molecule has 0 heterocycles. The second-order valence-corrected chi connectivity index (χ2v) is 5.03. The fraction of sp³-hybridized carbons (Fsp3) is 0.529. The number of hydrogen-bond acceptors (Lipinski definition) is 4. The number of ketones is 1. The van der Waals surface area contributed by atoms with Crippen LogP contribution in [0.2, 0.25) is 0 Å². The van der Waals surface area contributed by atoms with Gasteiger partial charge in [0.1, 0.15) is 0 Å². The lowest BCUT2D eigenvalue weighted by Crippen LogP contribution is -2.41. The zero-order chi connectivity index (χ0) is 15.7. The zero-order valence-corrected chi connectivity index (χ0v) is 13.1. The highest BCUT2D eigenvalue weighted by atomic mass is 16.5. The fourth-order valence-corrected chi connectivity index (χ4v) is 2.21. The van der Waals surface area contributed by atoms with Crippen LogP contribution < -0.4 is 0 Å². The maximum atomic E-state index is 12.5. The van der Waals surface area contributed by atoms with Crippen LogP contribution in [0.5, 0.6) is 0 Å². The molecule has 1 aromatic carbocycles. The molecule has 0 spiro atoms. The van der Waals surface area contributed by atoms with E-state index < -0.39 is 0 Å². The Bertz CT molecular complexity index is 477. The molecule has 0 radical (unpaired) electrons. The number of carbonyl (C=O) groups excluding carboxylic acids is 1. The van der Waals surface area contributed by atoms with Crippen molar-refractivity contribution in [3.8, 4) is 6.07 Å². The molecule has 21 heavy (non-hydrogen) atoms. The van der Waals surface area contributed by atoms with Crippen molar-refractivity contribution in [1.29, 1.82) is 5.26 Å². The van der Waals surface area contributed by atoms with Crippen LogP contribution in [0.1, 0.15) is 36.2 Å². The number of nitriles is 1. The molecule has 0 saturated heterocycles. The van der Waals surface area contributed by atoms with Gasteiger partial charge in [-0.2, -0.15) is 5.26 Å². The van der Waals surface area contributed by atoms with Gasteiger partial charge in [0.25, 0.3) is 0 Å². The molecule has 0 aliphatic carbocycles. The number of rotatable bonds is 9. The molecule has 0 saturated carbocycles. The van der Waals surface area contributed by atoms with E-state index in [0.29, 0.717) is 26.1 Å². The van der Waals surface area contributed by atoms with E-state index in [1.165, 1.54) is 5.56 Å². The Balaban J connectivity index is 2.77. The number of benzene rings is 1. The largest absolute Gasteiger partial charge is 0.383 e. The first-order valence-corrected chi connectivity index (χ1v) is 7.37. The van der Waals surface area contributed by atoms with Crippen LogP contribution in [0.3, 0.4) is 0 Å². The highest BCUT2D eigenvalue weighted by Crippen LogP contribution is 2.12. The summed E-state index contributed by atoms with van der Waals surface area (Å²) in [6, 6.07) is 9.64. The van der Waals surface area contributed by atoms with E-state index >= 15 is 0 Å². The van der Waals surface area contributed by atoms with Crippen molar-refractivity contribution in [2.45, 2.75) is 32.7 Å². The van der Waals surface area contributed by atoms with Gasteiger partial charge in [0.15, 0.2) is 5.78 Å². The molecule has 1 rings (SSSR count). The Morgan fingerprint density at radius 3 is 2.52 bits per heavy atom. The third-order valence-corrected chi connectivity index (χ3v) is 3.67. The Morgan fingerprint density at radius 1 is 1.33 bits per heavy atom. The average Bonchev–Trinajstić information content (AvgIpc) is 2.54. The SMILES string of the molecule is CCc1ccc(C(=O)C(C)N(CCC#N)CCOC)cc1. The summed E-state index contributed by atoms with van der Waals surface area (Å²) in [6.07, 6.45) is 1.38. The lowest BCUT2D eigenvalue weighted by atomic mass is 10.0. The van der Waals surface area contributed by atoms with Crippen molar-refractivity contribution in [1.82, 2.24) is 4.90 Å². The maximum Gasteiger partial charge on any atom is 0.179 e. The van der Waals surface area contributed by atoms with Gasteiger partial charge in [-0.3, -0.25) is 9.69 Å². The Labute approximate surface area is 127 Å². The molecule has 1 aromatic rings. The predicted molar refractivity (Wildman–Crippen MR) is 83.3 cm³/mol. The van der Waals surface area contributed by atoms with E-state index in [1.54, 1.807) is 7.11 Å². The van der Waals surface area contributed by atoms with Crippen LogP contribution in [0.25, 0.3) is 0 Å². The molecule has 0 aliphatic rings. The third-order valence-electron chi connectivity index (χ3n) is 3.67. The van der Waals surface area contributed by atoms with Crippen LogP contribution in [0.4, 0.5) is 0 Å². The van der Waals surface area contributed by atoms with Crippen molar-refractivity contribution in [2.75, 3.05) is 26.8 Å². The van der Waals surface area contributed by atoms with E-state index in [1.807, 2.05) is 36.1 Å². The summed E-state index contributed by atoms with van der Waals surface area (Å²) in [7, 11) is 1.64. The van der Waals surface area contributed by atoms with Gasteiger partial charge in [-0.05, 0) is 18.9 Å². The summed E-state index contributed by atoms with van der Waals surface area (Å²) < 4.78 is 5.08. The van der Waals surface area contributed by atoms with Crippen LogP contribution in [-0.4, -0.2) is 43.5 Å². The number of hydrogen-bond donors (Lipinski definition) is 0. The Hall–Kier alpha value is -1.70. The van der Waals surface area contributed by atoms with Gasteiger partial charge in [-0.15, -0.1) is 0 Å². The molecule has 0 N–H and O–H groups in total. The maximum absolute atomic E-state index is 12.5. The lowest BCUT2D eigenvalue weighted by molar-refractivity contribution is 0.0781. The second-order valence-electron chi connectivity index (χ2n) is 5.03. The highest BCUT2D eigenvalue weighted by Gasteiger charge is 2.21. The second kappa shape index (κ2) is 9.28. The van der Waals surface area contributed by atoms with E-state index in [4.69, 9.17) is 10.00 Å². The molecule has 0 aliphatic heterocycles. The minimum Gasteiger partial charge on any atom is -0.383 e. The monoisotopic (exact) mass is 288 g/mol.